The second kappa shape index (κ2) is 10.4. The molecule has 0 saturated heterocycles. The molecule has 1 aliphatic rings. The van der Waals surface area contributed by atoms with Crippen molar-refractivity contribution in [1.29, 1.82) is 0 Å². The quantitative estimate of drug-likeness (QED) is 0.615. The molecule has 1 aliphatic heterocycles. The number of hydrogen-bond acceptors (Lipinski definition) is 4. The Morgan fingerprint density at radius 3 is 2.67 bits per heavy atom. The fraction of sp³-hybridized carbons (Fsp3) is 0.333. The molecular formula is C21H23ClF2N2O4. The number of nitrogens with zero attached hydrogens (tertiary/aromatic N) is 1. The monoisotopic (exact) mass is 440 g/mol. The van der Waals surface area contributed by atoms with Crippen molar-refractivity contribution < 1.29 is 28.2 Å². The largest absolute Gasteiger partial charge is 0.494 e. The number of carbonyl (C=O) groups is 2. The number of halogens is 3. The maximum atomic E-state index is 13.6. The molecule has 6 nitrogen and oxygen atoms in total. The first-order chi connectivity index (χ1) is 13.8. The number of benzene rings is 2. The van der Waals surface area contributed by atoms with Gasteiger partial charge in [0.05, 0.1) is 13.0 Å². The minimum atomic E-state index is -1.22. The number of fused-ring (bicyclic) bond motifs is 1. The van der Waals surface area contributed by atoms with Crippen LogP contribution in [0.5, 0.6) is 5.75 Å². The van der Waals surface area contributed by atoms with Gasteiger partial charge in [0.1, 0.15) is 23.4 Å². The van der Waals surface area contributed by atoms with Crippen molar-refractivity contribution in [1.82, 2.24) is 0 Å². The van der Waals surface area contributed by atoms with Gasteiger partial charge < -0.3 is 20.5 Å². The minimum absolute atomic E-state index is 0. The molecule has 0 spiro atoms. The minimum Gasteiger partial charge on any atom is -0.494 e. The highest BCUT2D eigenvalue weighted by molar-refractivity contribution is 5.97. The van der Waals surface area contributed by atoms with Crippen LogP contribution in [0.3, 0.4) is 0 Å². The molecule has 2 aromatic rings. The molecule has 0 fully saturated rings. The van der Waals surface area contributed by atoms with E-state index in [0.29, 0.717) is 43.7 Å². The van der Waals surface area contributed by atoms with Crippen molar-refractivity contribution in [2.45, 2.75) is 31.7 Å². The first kappa shape index (κ1) is 23.6. The van der Waals surface area contributed by atoms with Crippen LogP contribution in [0, 0.1) is 11.6 Å². The second-order valence-electron chi connectivity index (χ2n) is 6.92. The molecule has 0 saturated carbocycles. The van der Waals surface area contributed by atoms with Crippen molar-refractivity contribution in [2.24, 2.45) is 5.73 Å². The summed E-state index contributed by atoms with van der Waals surface area (Å²) in [6.07, 6.45) is 1.38. The third kappa shape index (κ3) is 5.67. The van der Waals surface area contributed by atoms with E-state index in [4.69, 9.17) is 15.6 Å². The number of anilines is 1. The average molecular weight is 441 g/mol. The smallest absolute Gasteiger partial charge is 0.321 e. The summed E-state index contributed by atoms with van der Waals surface area (Å²) >= 11 is 0. The molecule has 1 heterocycles. The van der Waals surface area contributed by atoms with Crippen LogP contribution < -0.4 is 15.4 Å². The number of amides is 1. The first-order valence-corrected chi connectivity index (χ1v) is 9.33. The molecule has 9 heteroatoms. The number of carboxylic acids is 1. The van der Waals surface area contributed by atoms with Gasteiger partial charge in [-0.3, -0.25) is 9.59 Å². The lowest BCUT2D eigenvalue weighted by molar-refractivity contribution is -0.140. The predicted molar refractivity (Wildman–Crippen MR) is 110 cm³/mol. The van der Waals surface area contributed by atoms with Crippen molar-refractivity contribution in [3.8, 4) is 5.75 Å². The van der Waals surface area contributed by atoms with Gasteiger partial charge >= 0.3 is 5.97 Å². The summed E-state index contributed by atoms with van der Waals surface area (Å²) in [6, 6.07) is 7.66. The van der Waals surface area contributed by atoms with E-state index in [1.54, 1.807) is 17.0 Å². The lowest BCUT2D eigenvalue weighted by atomic mass is 10.1. The number of ether oxygens (including phenoxy) is 1. The summed E-state index contributed by atoms with van der Waals surface area (Å²) in [4.78, 5) is 24.7. The molecule has 1 amide bonds. The summed E-state index contributed by atoms with van der Waals surface area (Å²) in [5.41, 5.74) is 7.55. The van der Waals surface area contributed by atoms with Gasteiger partial charge in [-0.1, -0.05) is 6.07 Å². The maximum Gasteiger partial charge on any atom is 0.321 e. The van der Waals surface area contributed by atoms with Crippen molar-refractivity contribution >= 4 is 30.0 Å². The molecular weight excluding hydrogens is 418 g/mol. The Labute approximate surface area is 179 Å². The number of hydrogen-bond donors (Lipinski definition) is 2. The fourth-order valence-corrected chi connectivity index (χ4v) is 3.29. The van der Waals surface area contributed by atoms with Crippen LogP contribution in [-0.2, 0) is 22.4 Å². The standard InChI is InChI=1S/C21H22F2N2O4.ClH/c22-15-4-3-13(17(23)11-15)2-1-9-29-16-5-6-19-14(10-16)7-8-25(19)20(26)12-18(24)21(27)28;/h3-6,10-11,18H,1-2,7-9,12,24H2,(H,27,28);1H/t18-;/m1./s1. The Balaban J connectivity index is 0.00000320. The Bertz CT molecular complexity index is 926. The van der Waals surface area contributed by atoms with Gasteiger partial charge in [0, 0.05) is 18.3 Å². The Hall–Kier alpha value is -2.71. The molecule has 0 unspecified atom stereocenters. The normalized spacial score (nSPS) is 13.4. The average Bonchev–Trinajstić information content (AvgIpc) is 3.09. The SMILES string of the molecule is Cl.N[C@H](CC(=O)N1CCc2cc(OCCCc3ccc(F)cc3F)ccc21)C(=O)O. The molecule has 1 atom stereocenters. The van der Waals surface area contributed by atoms with Crippen molar-refractivity contribution in [2.75, 3.05) is 18.1 Å². The lowest BCUT2D eigenvalue weighted by Gasteiger charge is -2.18. The summed E-state index contributed by atoms with van der Waals surface area (Å²) in [6.45, 7) is 0.833. The fourth-order valence-electron chi connectivity index (χ4n) is 3.29. The molecule has 0 aliphatic carbocycles. The molecule has 3 N–H and O–H groups in total. The van der Waals surface area contributed by atoms with E-state index in [0.717, 1.165) is 17.3 Å². The highest BCUT2D eigenvalue weighted by Gasteiger charge is 2.27. The van der Waals surface area contributed by atoms with E-state index in [1.165, 1.54) is 12.1 Å². The van der Waals surface area contributed by atoms with Gasteiger partial charge in [-0.2, -0.15) is 0 Å². The van der Waals surface area contributed by atoms with Gasteiger partial charge in [0.25, 0.3) is 0 Å². The summed E-state index contributed by atoms with van der Waals surface area (Å²) in [7, 11) is 0. The molecule has 2 aromatic carbocycles. The van der Waals surface area contributed by atoms with Crippen LogP contribution in [0.4, 0.5) is 14.5 Å². The number of aryl methyl sites for hydroxylation is 1. The number of aliphatic carboxylic acids is 1. The Morgan fingerprint density at radius 2 is 1.97 bits per heavy atom. The molecule has 0 radical (unpaired) electrons. The van der Waals surface area contributed by atoms with Gasteiger partial charge in [0.2, 0.25) is 5.91 Å². The van der Waals surface area contributed by atoms with Crippen LogP contribution in [-0.4, -0.2) is 36.2 Å². The topological polar surface area (TPSA) is 92.9 Å². The van der Waals surface area contributed by atoms with Gasteiger partial charge in [-0.25, -0.2) is 8.78 Å². The number of nitrogens with two attached hydrogens (primary N) is 1. The number of carboxylic acid groups (broad SMARTS) is 1. The van der Waals surface area contributed by atoms with Crippen LogP contribution >= 0.6 is 12.4 Å². The van der Waals surface area contributed by atoms with E-state index >= 15 is 0 Å². The van der Waals surface area contributed by atoms with Crippen molar-refractivity contribution in [3.63, 3.8) is 0 Å². The molecule has 0 bridgehead atoms. The van der Waals surface area contributed by atoms with Crippen LogP contribution in [0.15, 0.2) is 36.4 Å². The third-order valence-electron chi connectivity index (χ3n) is 4.83. The zero-order valence-electron chi connectivity index (χ0n) is 16.1. The van der Waals surface area contributed by atoms with E-state index in [-0.39, 0.29) is 24.7 Å². The summed E-state index contributed by atoms with van der Waals surface area (Å²) in [5, 5.41) is 8.86. The maximum absolute atomic E-state index is 13.6. The molecule has 0 aromatic heterocycles. The second-order valence-corrected chi connectivity index (χ2v) is 6.92. The van der Waals surface area contributed by atoms with Gasteiger partial charge in [-0.05, 0) is 54.7 Å². The van der Waals surface area contributed by atoms with E-state index < -0.39 is 23.6 Å². The zero-order chi connectivity index (χ0) is 21.0. The summed E-state index contributed by atoms with van der Waals surface area (Å²) < 4.78 is 32.3. The predicted octanol–water partition coefficient (Wildman–Crippen LogP) is 3.09. The van der Waals surface area contributed by atoms with Crippen LogP contribution in [0.25, 0.3) is 0 Å². The van der Waals surface area contributed by atoms with Crippen LogP contribution in [0.1, 0.15) is 24.0 Å². The lowest BCUT2D eigenvalue weighted by Crippen LogP contribution is -2.38. The molecule has 162 valence electrons. The first-order valence-electron chi connectivity index (χ1n) is 9.33. The van der Waals surface area contributed by atoms with Gasteiger partial charge in [0.15, 0.2) is 0 Å². The molecule has 30 heavy (non-hydrogen) atoms. The van der Waals surface area contributed by atoms with E-state index in [2.05, 4.69) is 0 Å². The van der Waals surface area contributed by atoms with Crippen molar-refractivity contribution in [3.05, 3.63) is 59.2 Å². The zero-order valence-corrected chi connectivity index (χ0v) is 17.0. The summed E-state index contributed by atoms with van der Waals surface area (Å²) in [5.74, 6) is -2.05. The van der Waals surface area contributed by atoms with Crippen LogP contribution in [0.2, 0.25) is 0 Å². The molecule has 3 rings (SSSR count). The third-order valence-corrected chi connectivity index (χ3v) is 4.83. The Morgan fingerprint density at radius 1 is 1.20 bits per heavy atom. The van der Waals surface area contributed by atoms with Gasteiger partial charge in [-0.15, -0.1) is 12.4 Å². The number of carbonyl (C=O) groups excluding carboxylic acids is 1. The number of rotatable bonds is 8. The Kier molecular flexibility index (Phi) is 8.14. The van der Waals surface area contributed by atoms with E-state index in [9.17, 15) is 18.4 Å². The highest BCUT2D eigenvalue weighted by atomic mass is 35.5. The highest BCUT2D eigenvalue weighted by Crippen LogP contribution is 2.32. The van der Waals surface area contributed by atoms with E-state index in [1.807, 2.05) is 6.07 Å².